The number of benzene rings is 2. The molecule has 0 spiro atoms. The second-order valence-electron chi connectivity index (χ2n) is 5.65. The molecule has 0 fully saturated rings. The maximum absolute atomic E-state index is 12.5. The fraction of sp³-hybridized carbons (Fsp3) is 0.111. The molecule has 0 aliphatic carbocycles. The highest BCUT2D eigenvalue weighted by Crippen LogP contribution is 2.24. The second-order valence-corrected chi connectivity index (χ2v) is 5.65. The van der Waals surface area contributed by atoms with E-state index in [-0.39, 0.29) is 28.3 Å². The van der Waals surface area contributed by atoms with Crippen LogP contribution in [-0.4, -0.2) is 44.8 Å². The van der Waals surface area contributed by atoms with Gasteiger partial charge in [-0.2, -0.15) is 20.3 Å². The first-order chi connectivity index (χ1) is 12.9. The Morgan fingerprint density at radius 3 is 2.37 bits per heavy atom. The number of hydrogen-bond donors (Lipinski definition) is 2. The number of carboxylic acid groups (broad SMARTS) is 1. The predicted octanol–water partition coefficient (Wildman–Crippen LogP) is 2.60. The summed E-state index contributed by atoms with van der Waals surface area (Å²) in [5, 5.41) is 31.2. The quantitative estimate of drug-likeness (QED) is 0.634. The number of rotatable bonds is 4. The molecule has 1 unspecified atom stereocenters. The highest BCUT2D eigenvalue weighted by atomic mass is 16.4. The van der Waals surface area contributed by atoms with Crippen LogP contribution in [0, 0.1) is 0 Å². The minimum atomic E-state index is -1.18. The van der Waals surface area contributed by atoms with Crippen molar-refractivity contribution in [3.8, 4) is 5.75 Å². The first-order valence-electron chi connectivity index (χ1n) is 7.84. The lowest BCUT2D eigenvalue weighted by Gasteiger charge is -2.11. The topological polar surface area (TPSA) is 132 Å². The number of aromatic carboxylic acids is 1. The number of phenolic OH excluding ortho intramolecular Hbond substituents is 1. The summed E-state index contributed by atoms with van der Waals surface area (Å²) in [6.07, 6.45) is 0. The van der Waals surface area contributed by atoms with Crippen LogP contribution in [0.1, 0.15) is 27.6 Å². The van der Waals surface area contributed by atoms with Crippen LogP contribution in [0.2, 0.25) is 0 Å². The van der Waals surface area contributed by atoms with E-state index in [0.717, 1.165) is 0 Å². The lowest BCUT2D eigenvalue weighted by molar-refractivity contribution is -0.127. The number of imide groups is 1. The number of hydrazone groups is 1. The van der Waals surface area contributed by atoms with Gasteiger partial charge in [0.2, 0.25) is 0 Å². The molecule has 0 saturated heterocycles. The Labute approximate surface area is 153 Å². The molecule has 0 aromatic heterocycles. The van der Waals surface area contributed by atoms with E-state index in [1.165, 1.54) is 31.2 Å². The van der Waals surface area contributed by atoms with Crippen LogP contribution >= 0.6 is 0 Å². The van der Waals surface area contributed by atoms with Crippen molar-refractivity contribution in [1.82, 2.24) is 5.01 Å². The summed E-state index contributed by atoms with van der Waals surface area (Å²) in [7, 11) is 0. The van der Waals surface area contributed by atoms with Gasteiger partial charge in [0, 0.05) is 0 Å². The van der Waals surface area contributed by atoms with Crippen LogP contribution in [-0.2, 0) is 4.79 Å². The van der Waals surface area contributed by atoms with Crippen LogP contribution in [0.5, 0.6) is 5.75 Å². The summed E-state index contributed by atoms with van der Waals surface area (Å²) < 4.78 is 0. The molecule has 1 aliphatic heterocycles. The monoisotopic (exact) mass is 366 g/mol. The molecule has 0 saturated carbocycles. The standard InChI is InChI=1S/C18H14N4O5/c1-10-15(20-19-13-8-4-2-6-11(13)18(26)27)17(25)22(21-10)16(24)12-7-3-5-9-14(12)23/h2-9,15,23H,1H3,(H,26,27). The Balaban J connectivity index is 1.85. The number of nitrogens with zero attached hydrogens (tertiary/aromatic N) is 4. The molecule has 1 aliphatic rings. The maximum Gasteiger partial charge on any atom is 0.337 e. The molecule has 3 rings (SSSR count). The number of hydrogen-bond acceptors (Lipinski definition) is 7. The summed E-state index contributed by atoms with van der Waals surface area (Å²) in [6, 6.07) is 10.6. The van der Waals surface area contributed by atoms with Crippen molar-refractivity contribution in [3.05, 3.63) is 59.7 Å². The van der Waals surface area contributed by atoms with E-state index in [0.29, 0.717) is 5.01 Å². The van der Waals surface area contributed by atoms with Crippen molar-refractivity contribution in [3.63, 3.8) is 0 Å². The largest absolute Gasteiger partial charge is 0.507 e. The summed E-state index contributed by atoms with van der Waals surface area (Å²) in [5.41, 5.74) is 0.163. The van der Waals surface area contributed by atoms with Gasteiger partial charge in [-0.05, 0) is 31.2 Å². The summed E-state index contributed by atoms with van der Waals surface area (Å²) in [6.45, 7) is 1.50. The average molecular weight is 366 g/mol. The minimum Gasteiger partial charge on any atom is -0.507 e. The molecular weight excluding hydrogens is 352 g/mol. The van der Waals surface area contributed by atoms with Gasteiger partial charge < -0.3 is 10.2 Å². The second kappa shape index (κ2) is 7.16. The third-order valence-corrected chi connectivity index (χ3v) is 3.84. The molecule has 2 aromatic rings. The van der Waals surface area contributed by atoms with Gasteiger partial charge in [-0.1, -0.05) is 24.3 Å². The normalized spacial score (nSPS) is 16.6. The Bertz CT molecular complexity index is 999. The Kier molecular flexibility index (Phi) is 4.75. The van der Waals surface area contributed by atoms with Crippen molar-refractivity contribution in [2.24, 2.45) is 15.3 Å². The molecule has 1 heterocycles. The van der Waals surface area contributed by atoms with Gasteiger partial charge in [0.05, 0.1) is 22.5 Å². The van der Waals surface area contributed by atoms with Gasteiger partial charge in [-0.15, -0.1) is 0 Å². The van der Waals surface area contributed by atoms with Crippen LogP contribution in [0.25, 0.3) is 0 Å². The van der Waals surface area contributed by atoms with Gasteiger partial charge in [-0.3, -0.25) is 9.59 Å². The first kappa shape index (κ1) is 17.9. The van der Waals surface area contributed by atoms with Crippen molar-refractivity contribution in [1.29, 1.82) is 0 Å². The van der Waals surface area contributed by atoms with Crippen molar-refractivity contribution in [2.75, 3.05) is 0 Å². The van der Waals surface area contributed by atoms with E-state index in [9.17, 15) is 19.5 Å². The highest BCUT2D eigenvalue weighted by Gasteiger charge is 2.38. The third-order valence-electron chi connectivity index (χ3n) is 3.84. The van der Waals surface area contributed by atoms with Crippen molar-refractivity contribution < 1.29 is 24.6 Å². The zero-order chi connectivity index (χ0) is 19.6. The Morgan fingerprint density at radius 2 is 1.70 bits per heavy atom. The molecule has 136 valence electrons. The van der Waals surface area contributed by atoms with Crippen LogP contribution in [0.4, 0.5) is 5.69 Å². The minimum absolute atomic E-state index is 0.0663. The zero-order valence-electron chi connectivity index (χ0n) is 14.1. The van der Waals surface area contributed by atoms with E-state index in [4.69, 9.17) is 5.11 Å². The van der Waals surface area contributed by atoms with E-state index in [1.54, 1.807) is 24.3 Å². The lowest BCUT2D eigenvalue weighted by Crippen LogP contribution is -2.34. The smallest absolute Gasteiger partial charge is 0.337 e. The molecule has 9 heteroatoms. The Hall–Kier alpha value is -3.88. The summed E-state index contributed by atoms with van der Waals surface area (Å²) in [4.78, 5) is 36.2. The average Bonchev–Trinajstić information content (AvgIpc) is 2.94. The lowest BCUT2D eigenvalue weighted by atomic mass is 10.1. The zero-order valence-corrected chi connectivity index (χ0v) is 14.1. The summed E-state index contributed by atoms with van der Waals surface area (Å²) >= 11 is 0. The van der Waals surface area contributed by atoms with Gasteiger partial charge >= 0.3 is 5.97 Å². The number of aromatic hydroxyl groups is 1. The molecule has 2 aromatic carbocycles. The molecule has 27 heavy (non-hydrogen) atoms. The fourth-order valence-electron chi connectivity index (χ4n) is 2.46. The van der Waals surface area contributed by atoms with Crippen LogP contribution in [0.15, 0.2) is 63.9 Å². The number of carbonyl (C=O) groups is 3. The molecule has 2 N–H and O–H groups in total. The SMILES string of the molecule is CC1=NN(C(=O)c2ccccc2O)C(=O)C1N=Nc1ccccc1C(=O)O. The molecule has 1 atom stereocenters. The Morgan fingerprint density at radius 1 is 1.07 bits per heavy atom. The van der Waals surface area contributed by atoms with E-state index in [1.807, 2.05) is 0 Å². The number of carbonyl (C=O) groups excluding carboxylic acids is 2. The number of azo groups is 1. The summed E-state index contributed by atoms with van der Waals surface area (Å²) in [5.74, 6) is -2.98. The molecular formula is C18H14N4O5. The number of carboxylic acids is 1. The van der Waals surface area contributed by atoms with Crippen LogP contribution < -0.4 is 0 Å². The highest BCUT2D eigenvalue weighted by molar-refractivity contribution is 6.18. The van der Waals surface area contributed by atoms with E-state index >= 15 is 0 Å². The van der Waals surface area contributed by atoms with Crippen molar-refractivity contribution in [2.45, 2.75) is 13.0 Å². The van der Waals surface area contributed by atoms with Gasteiger partial charge in [0.1, 0.15) is 5.75 Å². The fourth-order valence-corrected chi connectivity index (χ4v) is 2.46. The van der Waals surface area contributed by atoms with Gasteiger partial charge in [-0.25, -0.2) is 4.79 Å². The van der Waals surface area contributed by atoms with E-state index < -0.39 is 23.8 Å². The first-order valence-corrected chi connectivity index (χ1v) is 7.84. The van der Waals surface area contributed by atoms with Gasteiger partial charge in [0.15, 0.2) is 6.04 Å². The number of amides is 2. The van der Waals surface area contributed by atoms with Gasteiger partial charge in [0.25, 0.3) is 11.8 Å². The molecule has 9 nitrogen and oxygen atoms in total. The third kappa shape index (κ3) is 3.43. The maximum atomic E-state index is 12.5. The molecule has 0 radical (unpaired) electrons. The number of para-hydroxylation sites is 1. The van der Waals surface area contributed by atoms with Crippen molar-refractivity contribution >= 4 is 29.2 Å². The number of phenols is 1. The molecule has 2 amide bonds. The molecule has 0 bridgehead atoms. The predicted molar refractivity (Wildman–Crippen MR) is 94.1 cm³/mol. The van der Waals surface area contributed by atoms with Crippen LogP contribution in [0.3, 0.4) is 0 Å². The van der Waals surface area contributed by atoms with E-state index in [2.05, 4.69) is 15.3 Å².